The molecule has 0 aromatic carbocycles. The Morgan fingerprint density at radius 3 is 2.00 bits per heavy atom. The van der Waals surface area contributed by atoms with Gasteiger partial charge in [-0.05, 0) is 50.1 Å². The summed E-state index contributed by atoms with van der Waals surface area (Å²) in [6, 6.07) is 0. The second-order valence-electron chi connectivity index (χ2n) is 4.57. The molecule has 0 aromatic heterocycles. The van der Waals surface area contributed by atoms with Crippen molar-refractivity contribution >= 4 is 28.8 Å². The zero-order valence-electron chi connectivity index (χ0n) is 12.3. The first-order chi connectivity index (χ1) is 10.1. The Bertz CT molecular complexity index is 341. The molecular weight excluding hydrogens is 296 g/mol. The topological polar surface area (TPSA) is 69.7 Å². The van der Waals surface area contributed by atoms with Gasteiger partial charge in [-0.1, -0.05) is 6.58 Å². The minimum absolute atomic E-state index is 0.216. The lowest BCUT2D eigenvalue weighted by atomic mass is 10.2. The van der Waals surface area contributed by atoms with Gasteiger partial charge >= 0.3 is 11.9 Å². The number of unbranched alkanes of at least 4 members (excludes halogenated alkanes) is 4. The molecule has 0 bridgehead atoms. The lowest BCUT2D eigenvalue weighted by Gasteiger charge is -2.05. The Morgan fingerprint density at radius 2 is 1.43 bits per heavy atom. The molecule has 0 N–H and O–H groups in total. The maximum atomic E-state index is 11.4. The van der Waals surface area contributed by atoms with Gasteiger partial charge in [-0.3, -0.25) is 9.59 Å². The molecule has 0 amide bonds. The molecule has 6 heteroatoms. The predicted octanol–water partition coefficient (Wildman–Crippen LogP) is 3.15. The van der Waals surface area contributed by atoms with Gasteiger partial charge in [-0.25, -0.2) is 4.79 Å². The first-order valence-corrected chi connectivity index (χ1v) is 7.57. The van der Waals surface area contributed by atoms with E-state index in [-0.39, 0.29) is 11.2 Å². The molecule has 0 fully saturated rings. The minimum atomic E-state index is -0.426. The second-order valence-corrected chi connectivity index (χ2v) is 4.99. The summed E-state index contributed by atoms with van der Waals surface area (Å²) in [4.78, 5) is 32.6. The van der Waals surface area contributed by atoms with E-state index in [9.17, 15) is 14.4 Å². The van der Waals surface area contributed by atoms with Crippen LogP contribution in [0.3, 0.4) is 0 Å². The third kappa shape index (κ3) is 14.9. The fourth-order valence-corrected chi connectivity index (χ4v) is 1.71. The van der Waals surface area contributed by atoms with Gasteiger partial charge in [0.1, 0.15) is 0 Å². The van der Waals surface area contributed by atoms with Crippen LogP contribution in [0.1, 0.15) is 51.4 Å². The molecule has 0 heterocycles. The first kappa shape index (κ1) is 19.6. The summed E-state index contributed by atoms with van der Waals surface area (Å²) in [5.74, 6) is -0.642. The lowest BCUT2D eigenvalue weighted by molar-refractivity contribution is -0.144. The summed E-state index contributed by atoms with van der Waals surface area (Å²) in [5.41, 5.74) is 0. The van der Waals surface area contributed by atoms with Gasteiger partial charge in [0, 0.05) is 18.9 Å². The molecule has 5 nitrogen and oxygen atoms in total. The summed E-state index contributed by atoms with van der Waals surface area (Å²) < 4.78 is 9.87. The van der Waals surface area contributed by atoms with E-state index >= 15 is 0 Å². The monoisotopic (exact) mass is 318 g/mol. The molecule has 0 saturated heterocycles. The van der Waals surface area contributed by atoms with Crippen LogP contribution in [0.15, 0.2) is 12.7 Å². The van der Waals surface area contributed by atoms with Crippen molar-refractivity contribution in [1.29, 1.82) is 0 Å². The molecule has 120 valence electrons. The Kier molecular flexibility index (Phi) is 12.7. The molecular formula is C15H23ClO5. The van der Waals surface area contributed by atoms with Gasteiger partial charge in [-0.15, -0.1) is 0 Å². The van der Waals surface area contributed by atoms with E-state index in [4.69, 9.17) is 21.1 Å². The minimum Gasteiger partial charge on any atom is -0.466 e. The van der Waals surface area contributed by atoms with Crippen LogP contribution in [0.5, 0.6) is 0 Å². The number of hydrogen-bond donors (Lipinski definition) is 0. The van der Waals surface area contributed by atoms with Crippen LogP contribution in [0.25, 0.3) is 0 Å². The standard InChI is InChI=1S/C15H23ClO5/c1-2-14(18)20-11-8-4-6-10-15(19)21-12-7-3-5-9-13(16)17/h2H,1,3-12H2. The van der Waals surface area contributed by atoms with Gasteiger partial charge in [0.15, 0.2) is 0 Å². The normalized spacial score (nSPS) is 9.95. The zero-order valence-corrected chi connectivity index (χ0v) is 13.0. The van der Waals surface area contributed by atoms with Crippen molar-refractivity contribution in [2.24, 2.45) is 0 Å². The Labute approximate surface area is 130 Å². The van der Waals surface area contributed by atoms with Gasteiger partial charge in [-0.2, -0.15) is 0 Å². The van der Waals surface area contributed by atoms with Crippen molar-refractivity contribution in [2.75, 3.05) is 13.2 Å². The molecule has 0 aliphatic carbocycles. The molecule has 0 radical (unpaired) electrons. The predicted molar refractivity (Wildman–Crippen MR) is 79.9 cm³/mol. The summed E-state index contributed by atoms with van der Waals surface area (Å²) in [7, 11) is 0. The Balaban J connectivity index is 3.29. The van der Waals surface area contributed by atoms with Crippen molar-refractivity contribution in [3.63, 3.8) is 0 Å². The SMILES string of the molecule is C=CC(=O)OCCCCCC(=O)OCCCCCC(=O)Cl. The van der Waals surface area contributed by atoms with Gasteiger partial charge in [0.25, 0.3) is 0 Å². The van der Waals surface area contributed by atoms with Crippen molar-refractivity contribution in [3.8, 4) is 0 Å². The van der Waals surface area contributed by atoms with Crippen molar-refractivity contribution in [1.82, 2.24) is 0 Å². The van der Waals surface area contributed by atoms with Crippen LogP contribution >= 0.6 is 11.6 Å². The molecule has 0 rings (SSSR count). The van der Waals surface area contributed by atoms with Crippen LogP contribution in [0.4, 0.5) is 0 Å². The van der Waals surface area contributed by atoms with E-state index in [0.29, 0.717) is 32.5 Å². The highest BCUT2D eigenvalue weighted by Gasteiger charge is 2.03. The molecule has 21 heavy (non-hydrogen) atoms. The highest BCUT2D eigenvalue weighted by atomic mass is 35.5. The highest BCUT2D eigenvalue weighted by Crippen LogP contribution is 2.05. The number of esters is 2. The van der Waals surface area contributed by atoms with E-state index < -0.39 is 5.97 Å². The smallest absolute Gasteiger partial charge is 0.330 e. The van der Waals surface area contributed by atoms with E-state index in [0.717, 1.165) is 38.2 Å². The number of carbonyl (C=O) groups excluding carboxylic acids is 3. The Hall–Kier alpha value is -1.36. The quantitative estimate of drug-likeness (QED) is 0.226. The summed E-state index contributed by atoms with van der Waals surface area (Å²) >= 11 is 5.20. The molecule has 0 aliphatic heterocycles. The number of rotatable bonds is 13. The number of ether oxygens (including phenoxy) is 2. The maximum Gasteiger partial charge on any atom is 0.330 e. The number of carbonyl (C=O) groups is 3. The fraction of sp³-hybridized carbons (Fsp3) is 0.667. The van der Waals surface area contributed by atoms with E-state index in [1.807, 2.05) is 0 Å². The average molecular weight is 319 g/mol. The van der Waals surface area contributed by atoms with Crippen molar-refractivity contribution in [3.05, 3.63) is 12.7 Å². The van der Waals surface area contributed by atoms with Crippen LogP contribution in [-0.4, -0.2) is 30.4 Å². The fourth-order valence-electron chi connectivity index (χ4n) is 1.58. The van der Waals surface area contributed by atoms with Gasteiger partial charge in [0.05, 0.1) is 13.2 Å². The molecule has 0 unspecified atom stereocenters. The van der Waals surface area contributed by atoms with Crippen molar-refractivity contribution in [2.45, 2.75) is 51.4 Å². The largest absolute Gasteiger partial charge is 0.466 e. The van der Waals surface area contributed by atoms with Crippen LogP contribution in [0.2, 0.25) is 0 Å². The second kappa shape index (κ2) is 13.6. The summed E-state index contributed by atoms with van der Waals surface area (Å²) in [5, 5.41) is -0.328. The Morgan fingerprint density at radius 1 is 0.857 bits per heavy atom. The van der Waals surface area contributed by atoms with E-state index in [1.54, 1.807) is 0 Å². The van der Waals surface area contributed by atoms with Crippen LogP contribution in [-0.2, 0) is 23.9 Å². The first-order valence-electron chi connectivity index (χ1n) is 7.19. The summed E-state index contributed by atoms with van der Waals surface area (Å²) in [6.07, 6.45) is 6.39. The lowest BCUT2D eigenvalue weighted by Crippen LogP contribution is -2.06. The average Bonchev–Trinajstić information content (AvgIpc) is 2.45. The van der Waals surface area contributed by atoms with Gasteiger partial charge in [0.2, 0.25) is 5.24 Å². The third-order valence-electron chi connectivity index (χ3n) is 2.72. The number of halogens is 1. The highest BCUT2D eigenvalue weighted by molar-refractivity contribution is 6.63. The summed E-state index contributed by atoms with van der Waals surface area (Å²) in [6.45, 7) is 4.02. The van der Waals surface area contributed by atoms with E-state index in [2.05, 4.69) is 6.58 Å². The van der Waals surface area contributed by atoms with Gasteiger partial charge < -0.3 is 9.47 Å². The molecule has 0 spiro atoms. The van der Waals surface area contributed by atoms with Crippen LogP contribution in [0, 0.1) is 0 Å². The molecule has 0 atom stereocenters. The zero-order chi connectivity index (χ0) is 15.9. The maximum absolute atomic E-state index is 11.4. The molecule has 0 saturated carbocycles. The third-order valence-corrected chi connectivity index (χ3v) is 2.91. The number of hydrogen-bond acceptors (Lipinski definition) is 5. The van der Waals surface area contributed by atoms with Crippen molar-refractivity contribution < 1.29 is 23.9 Å². The van der Waals surface area contributed by atoms with Crippen LogP contribution < -0.4 is 0 Å². The molecule has 0 aromatic rings. The van der Waals surface area contributed by atoms with E-state index in [1.165, 1.54) is 0 Å². The molecule has 0 aliphatic rings.